The Morgan fingerprint density at radius 1 is 1.14 bits per heavy atom. The monoisotopic (exact) mass is 436 g/mol. The SMILES string of the molecule is Cc1cc(C(=O)COc2ccc(F)c(Cl)c2)c(C)n1-c1ccc(S(N)(=O)=O)cc1. The summed E-state index contributed by atoms with van der Waals surface area (Å²) < 4.78 is 43.3. The van der Waals surface area contributed by atoms with Crippen LogP contribution in [0.3, 0.4) is 0 Å². The molecule has 6 nitrogen and oxygen atoms in total. The van der Waals surface area contributed by atoms with Gasteiger partial charge in [-0.2, -0.15) is 0 Å². The van der Waals surface area contributed by atoms with Crippen molar-refractivity contribution in [2.24, 2.45) is 5.14 Å². The minimum atomic E-state index is -3.78. The first-order valence-corrected chi connectivity index (χ1v) is 10.4. The lowest BCUT2D eigenvalue weighted by atomic mass is 10.1. The fourth-order valence-corrected chi connectivity index (χ4v) is 3.71. The highest BCUT2D eigenvalue weighted by Gasteiger charge is 2.18. The molecule has 3 rings (SSSR count). The van der Waals surface area contributed by atoms with E-state index in [1.807, 2.05) is 11.5 Å². The highest BCUT2D eigenvalue weighted by Crippen LogP contribution is 2.24. The maximum absolute atomic E-state index is 13.2. The second-order valence-electron chi connectivity index (χ2n) is 6.45. The van der Waals surface area contributed by atoms with Gasteiger partial charge in [-0.1, -0.05) is 11.6 Å². The van der Waals surface area contributed by atoms with E-state index < -0.39 is 15.8 Å². The molecule has 0 saturated carbocycles. The van der Waals surface area contributed by atoms with Gasteiger partial charge >= 0.3 is 0 Å². The number of carbonyl (C=O) groups is 1. The number of nitrogens with two attached hydrogens (primary N) is 1. The van der Waals surface area contributed by atoms with E-state index in [-0.39, 0.29) is 28.1 Å². The van der Waals surface area contributed by atoms with Crippen LogP contribution >= 0.6 is 11.6 Å². The van der Waals surface area contributed by atoms with Crippen LogP contribution in [0.25, 0.3) is 5.69 Å². The third kappa shape index (κ3) is 4.50. The summed E-state index contributed by atoms with van der Waals surface area (Å²) in [5, 5.41) is 5.04. The van der Waals surface area contributed by atoms with Crippen LogP contribution < -0.4 is 9.88 Å². The van der Waals surface area contributed by atoms with Crippen molar-refractivity contribution in [2.75, 3.05) is 6.61 Å². The molecule has 1 heterocycles. The van der Waals surface area contributed by atoms with Crippen molar-refractivity contribution in [3.8, 4) is 11.4 Å². The van der Waals surface area contributed by atoms with Crippen LogP contribution in [0, 0.1) is 19.7 Å². The number of carbonyl (C=O) groups excluding carboxylic acids is 1. The predicted octanol–water partition coefficient (Wildman–Crippen LogP) is 3.80. The molecule has 0 fully saturated rings. The Morgan fingerprint density at radius 3 is 2.38 bits per heavy atom. The van der Waals surface area contributed by atoms with Gasteiger partial charge in [0.2, 0.25) is 15.8 Å². The maximum Gasteiger partial charge on any atom is 0.238 e. The molecule has 0 aliphatic rings. The number of Topliss-reactive ketones (excluding diaryl/α,β-unsaturated/α-hetero) is 1. The van der Waals surface area contributed by atoms with Crippen LogP contribution in [0.5, 0.6) is 5.75 Å². The Labute approximate surface area is 172 Å². The number of ether oxygens (including phenoxy) is 1. The maximum atomic E-state index is 13.2. The van der Waals surface area contributed by atoms with E-state index in [9.17, 15) is 17.6 Å². The van der Waals surface area contributed by atoms with E-state index in [2.05, 4.69) is 0 Å². The van der Waals surface area contributed by atoms with Crippen LogP contribution in [-0.4, -0.2) is 25.4 Å². The van der Waals surface area contributed by atoms with Gasteiger partial charge in [0, 0.05) is 28.7 Å². The zero-order chi connectivity index (χ0) is 21.3. The molecule has 1 aromatic heterocycles. The second kappa shape index (κ2) is 7.98. The Bertz CT molecular complexity index is 1190. The first-order chi connectivity index (χ1) is 13.6. The lowest BCUT2D eigenvalue weighted by Crippen LogP contribution is -2.13. The lowest BCUT2D eigenvalue weighted by Gasteiger charge is -2.11. The number of nitrogens with zero attached hydrogens (tertiary/aromatic N) is 1. The second-order valence-corrected chi connectivity index (χ2v) is 8.42. The summed E-state index contributed by atoms with van der Waals surface area (Å²) in [5.41, 5.74) is 2.62. The number of hydrogen-bond acceptors (Lipinski definition) is 4. The topological polar surface area (TPSA) is 91.4 Å². The summed E-state index contributed by atoms with van der Waals surface area (Å²) in [6, 6.07) is 11.6. The molecule has 0 bridgehead atoms. The van der Waals surface area contributed by atoms with Gasteiger partial charge < -0.3 is 9.30 Å². The quantitative estimate of drug-likeness (QED) is 0.595. The number of rotatable bonds is 6. The fraction of sp³-hybridized carbons (Fsp3) is 0.150. The molecule has 2 aromatic carbocycles. The van der Waals surface area contributed by atoms with Gasteiger partial charge in [-0.05, 0) is 56.3 Å². The smallest absolute Gasteiger partial charge is 0.238 e. The van der Waals surface area contributed by atoms with Crippen LogP contribution in [-0.2, 0) is 10.0 Å². The van der Waals surface area contributed by atoms with Crippen molar-refractivity contribution >= 4 is 27.4 Å². The number of benzene rings is 2. The molecular formula is C20H18ClFN2O4S. The normalized spacial score (nSPS) is 11.5. The molecule has 152 valence electrons. The van der Waals surface area contributed by atoms with Crippen LogP contribution in [0.2, 0.25) is 5.02 Å². The molecule has 3 aromatic rings. The lowest BCUT2D eigenvalue weighted by molar-refractivity contribution is 0.0921. The van der Waals surface area contributed by atoms with Crippen LogP contribution in [0.15, 0.2) is 53.4 Å². The molecule has 0 atom stereocenters. The molecule has 0 amide bonds. The molecule has 0 spiro atoms. The minimum Gasteiger partial charge on any atom is -0.485 e. The summed E-state index contributed by atoms with van der Waals surface area (Å²) in [5.74, 6) is -0.537. The van der Waals surface area contributed by atoms with Gasteiger partial charge in [-0.3, -0.25) is 4.79 Å². The number of ketones is 1. The third-order valence-electron chi connectivity index (χ3n) is 4.42. The van der Waals surface area contributed by atoms with Crippen LogP contribution in [0.1, 0.15) is 21.7 Å². The van der Waals surface area contributed by atoms with Crippen molar-refractivity contribution in [1.82, 2.24) is 4.57 Å². The molecular weight excluding hydrogens is 419 g/mol. The van der Waals surface area contributed by atoms with E-state index in [0.717, 1.165) is 5.69 Å². The molecule has 0 aliphatic heterocycles. The summed E-state index contributed by atoms with van der Waals surface area (Å²) in [7, 11) is -3.78. The van der Waals surface area contributed by atoms with E-state index in [1.54, 1.807) is 25.1 Å². The predicted molar refractivity (Wildman–Crippen MR) is 108 cm³/mol. The number of primary sulfonamides is 1. The van der Waals surface area contributed by atoms with E-state index in [0.29, 0.717) is 16.9 Å². The number of halogens is 2. The average Bonchev–Trinajstić information content (AvgIpc) is 2.96. The van der Waals surface area contributed by atoms with Crippen molar-refractivity contribution in [1.29, 1.82) is 0 Å². The first-order valence-electron chi connectivity index (χ1n) is 8.51. The Morgan fingerprint density at radius 2 is 1.79 bits per heavy atom. The minimum absolute atomic E-state index is 0.00590. The number of aromatic nitrogens is 1. The fourth-order valence-electron chi connectivity index (χ4n) is 3.02. The Balaban J connectivity index is 1.83. The zero-order valence-electron chi connectivity index (χ0n) is 15.6. The number of sulfonamides is 1. The van der Waals surface area contributed by atoms with Crippen molar-refractivity contribution in [2.45, 2.75) is 18.7 Å². The van der Waals surface area contributed by atoms with E-state index >= 15 is 0 Å². The molecule has 29 heavy (non-hydrogen) atoms. The molecule has 2 N–H and O–H groups in total. The summed E-state index contributed by atoms with van der Waals surface area (Å²) in [6.07, 6.45) is 0. The highest BCUT2D eigenvalue weighted by atomic mass is 35.5. The standard InChI is InChI=1S/C20H18ClFN2O4S/c1-12-9-17(20(25)11-28-15-5-8-19(22)18(21)10-15)13(2)24(12)14-3-6-16(7-4-14)29(23,26)27/h3-10H,11H2,1-2H3,(H2,23,26,27). The van der Waals surface area contributed by atoms with Crippen molar-refractivity contribution in [3.05, 3.63) is 76.3 Å². The third-order valence-corrected chi connectivity index (χ3v) is 5.63. The number of aryl methyl sites for hydroxylation is 1. The molecule has 9 heteroatoms. The Hall–Kier alpha value is -2.68. The number of hydrogen-bond donors (Lipinski definition) is 1. The van der Waals surface area contributed by atoms with Crippen molar-refractivity contribution in [3.63, 3.8) is 0 Å². The molecule has 0 radical (unpaired) electrons. The van der Waals surface area contributed by atoms with Crippen LogP contribution in [0.4, 0.5) is 4.39 Å². The summed E-state index contributed by atoms with van der Waals surface area (Å²) in [4.78, 5) is 12.6. The Kier molecular flexibility index (Phi) is 5.79. The van der Waals surface area contributed by atoms with Gasteiger partial charge in [0.05, 0.1) is 9.92 Å². The van der Waals surface area contributed by atoms with Gasteiger partial charge in [0.1, 0.15) is 11.6 Å². The van der Waals surface area contributed by atoms with Crippen molar-refractivity contribution < 1.29 is 22.3 Å². The molecule has 0 saturated heterocycles. The van der Waals surface area contributed by atoms with Gasteiger partial charge in [-0.15, -0.1) is 0 Å². The molecule has 0 unspecified atom stereocenters. The average molecular weight is 437 g/mol. The van der Waals surface area contributed by atoms with E-state index in [1.165, 1.54) is 30.3 Å². The summed E-state index contributed by atoms with van der Waals surface area (Å²) in [6.45, 7) is 3.37. The van der Waals surface area contributed by atoms with E-state index in [4.69, 9.17) is 21.5 Å². The van der Waals surface area contributed by atoms with Gasteiger partial charge in [0.15, 0.2) is 6.61 Å². The van der Waals surface area contributed by atoms with Gasteiger partial charge in [0.25, 0.3) is 0 Å². The first kappa shape index (κ1) is 21.0. The highest BCUT2D eigenvalue weighted by molar-refractivity contribution is 7.89. The largest absolute Gasteiger partial charge is 0.485 e. The molecule has 0 aliphatic carbocycles. The zero-order valence-corrected chi connectivity index (χ0v) is 17.2. The van der Waals surface area contributed by atoms with Gasteiger partial charge in [-0.25, -0.2) is 17.9 Å². The summed E-state index contributed by atoms with van der Waals surface area (Å²) >= 11 is 5.71.